The summed E-state index contributed by atoms with van der Waals surface area (Å²) < 4.78 is 6.45. The lowest BCUT2D eigenvalue weighted by Gasteiger charge is -2.33. The smallest absolute Gasteiger partial charge is 0.264 e. The van der Waals surface area contributed by atoms with Crippen LogP contribution in [0.15, 0.2) is 28.7 Å². The summed E-state index contributed by atoms with van der Waals surface area (Å²) in [6, 6.07) is 6.36. The second-order valence-electron chi connectivity index (χ2n) is 4.77. The van der Waals surface area contributed by atoms with Crippen LogP contribution in [-0.2, 0) is 14.4 Å². The van der Waals surface area contributed by atoms with Crippen molar-refractivity contribution in [3.05, 3.63) is 28.7 Å². The number of nitrogens with zero attached hydrogens (tertiary/aromatic N) is 1. The summed E-state index contributed by atoms with van der Waals surface area (Å²) in [6.07, 6.45) is -0.785. The molecule has 1 heterocycles. The summed E-state index contributed by atoms with van der Waals surface area (Å²) in [5.41, 5.74) is 0. The summed E-state index contributed by atoms with van der Waals surface area (Å²) in [7, 11) is 0. The van der Waals surface area contributed by atoms with Crippen molar-refractivity contribution in [2.24, 2.45) is 0 Å². The van der Waals surface area contributed by atoms with Gasteiger partial charge in [-0.2, -0.15) is 0 Å². The zero-order valence-corrected chi connectivity index (χ0v) is 13.2. The molecule has 1 fully saturated rings. The Morgan fingerprint density at radius 3 is 2.62 bits per heavy atom. The van der Waals surface area contributed by atoms with E-state index in [1.807, 2.05) is 0 Å². The average molecular weight is 355 g/mol. The Kier molecular flexibility index (Phi) is 4.62. The minimum Gasteiger partial charge on any atom is -0.481 e. The highest BCUT2D eigenvalue weighted by Crippen LogP contribution is 2.18. The van der Waals surface area contributed by atoms with Crippen molar-refractivity contribution >= 4 is 33.7 Å². The average Bonchev–Trinajstić information content (AvgIpc) is 2.44. The standard InChI is InChI=1S/C14H15BrN2O4/c1-8-13(19)16-12(18)7-17(8)14(20)9(2)21-11-5-3-10(15)4-6-11/h3-6,8-9H,7H2,1-2H3,(H,16,18,19). The maximum Gasteiger partial charge on any atom is 0.264 e. The van der Waals surface area contributed by atoms with E-state index in [0.717, 1.165) is 4.47 Å². The third kappa shape index (κ3) is 3.60. The second-order valence-corrected chi connectivity index (χ2v) is 5.68. The number of benzene rings is 1. The van der Waals surface area contributed by atoms with Gasteiger partial charge in [-0.3, -0.25) is 19.7 Å². The number of carbonyl (C=O) groups is 3. The second kappa shape index (κ2) is 6.26. The fourth-order valence-corrected chi connectivity index (χ4v) is 2.25. The first-order chi connectivity index (χ1) is 9.88. The number of hydrogen-bond donors (Lipinski definition) is 1. The van der Waals surface area contributed by atoms with E-state index in [2.05, 4.69) is 21.2 Å². The van der Waals surface area contributed by atoms with Crippen LogP contribution in [0.5, 0.6) is 5.75 Å². The zero-order chi connectivity index (χ0) is 15.6. The molecule has 0 radical (unpaired) electrons. The molecular weight excluding hydrogens is 340 g/mol. The molecule has 7 heteroatoms. The van der Waals surface area contributed by atoms with Crippen molar-refractivity contribution in [1.82, 2.24) is 10.2 Å². The van der Waals surface area contributed by atoms with Crippen molar-refractivity contribution in [2.75, 3.05) is 6.54 Å². The fraction of sp³-hybridized carbons (Fsp3) is 0.357. The lowest BCUT2D eigenvalue weighted by Crippen LogP contribution is -2.60. The van der Waals surface area contributed by atoms with E-state index < -0.39 is 29.9 Å². The molecule has 0 bridgehead atoms. The molecule has 0 spiro atoms. The Balaban J connectivity index is 2.06. The molecule has 1 aliphatic heterocycles. The molecule has 2 rings (SSSR count). The van der Waals surface area contributed by atoms with E-state index in [9.17, 15) is 14.4 Å². The van der Waals surface area contributed by atoms with Crippen molar-refractivity contribution in [2.45, 2.75) is 26.0 Å². The summed E-state index contributed by atoms with van der Waals surface area (Å²) in [5, 5.41) is 2.19. The van der Waals surface area contributed by atoms with Gasteiger partial charge in [0.15, 0.2) is 6.10 Å². The molecule has 1 aliphatic rings. The lowest BCUT2D eigenvalue weighted by molar-refractivity contribution is -0.152. The van der Waals surface area contributed by atoms with Gasteiger partial charge in [-0.1, -0.05) is 15.9 Å². The van der Waals surface area contributed by atoms with Crippen molar-refractivity contribution in [1.29, 1.82) is 0 Å². The third-order valence-corrected chi connectivity index (χ3v) is 3.71. The SMILES string of the molecule is CC(Oc1ccc(Br)cc1)C(=O)N1CC(=O)NC(=O)C1C. The van der Waals surface area contributed by atoms with E-state index in [0.29, 0.717) is 5.75 Å². The van der Waals surface area contributed by atoms with Gasteiger partial charge in [0.2, 0.25) is 11.8 Å². The van der Waals surface area contributed by atoms with Gasteiger partial charge >= 0.3 is 0 Å². The van der Waals surface area contributed by atoms with Crippen molar-refractivity contribution in [3.63, 3.8) is 0 Å². The minimum absolute atomic E-state index is 0.139. The molecule has 21 heavy (non-hydrogen) atoms. The predicted octanol–water partition coefficient (Wildman–Crippen LogP) is 1.09. The number of piperazine rings is 1. The molecule has 6 nitrogen and oxygen atoms in total. The van der Waals surface area contributed by atoms with E-state index >= 15 is 0 Å². The largest absolute Gasteiger partial charge is 0.481 e. The molecule has 0 aliphatic carbocycles. The number of imide groups is 1. The van der Waals surface area contributed by atoms with Crippen molar-refractivity contribution in [3.8, 4) is 5.75 Å². The molecule has 1 aromatic carbocycles. The van der Waals surface area contributed by atoms with Crippen LogP contribution < -0.4 is 10.1 Å². The Labute approximate surface area is 130 Å². The van der Waals surface area contributed by atoms with Crippen LogP contribution in [0.4, 0.5) is 0 Å². The van der Waals surface area contributed by atoms with E-state index in [4.69, 9.17) is 4.74 Å². The number of rotatable bonds is 3. The normalized spacial score (nSPS) is 20.0. The van der Waals surface area contributed by atoms with E-state index in [-0.39, 0.29) is 6.54 Å². The Bertz CT molecular complexity index is 573. The van der Waals surface area contributed by atoms with Gasteiger partial charge in [0, 0.05) is 4.47 Å². The minimum atomic E-state index is -0.785. The van der Waals surface area contributed by atoms with Crippen LogP contribution in [0.25, 0.3) is 0 Å². The molecule has 112 valence electrons. The van der Waals surface area contributed by atoms with Crippen LogP contribution in [0.2, 0.25) is 0 Å². The quantitative estimate of drug-likeness (QED) is 0.824. The molecular formula is C14H15BrN2O4. The Hall–Kier alpha value is -1.89. The first kappa shape index (κ1) is 15.5. The maximum absolute atomic E-state index is 12.3. The highest BCUT2D eigenvalue weighted by atomic mass is 79.9. The zero-order valence-electron chi connectivity index (χ0n) is 11.6. The highest BCUT2D eigenvalue weighted by molar-refractivity contribution is 9.10. The molecule has 1 saturated heterocycles. The molecule has 1 aromatic rings. The molecule has 1 N–H and O–H groups in total. The topological polar surface area (TPSA) is 75.7 Å². The van der Waals surface area contributed by atoms with Crippen LogP contribution in [0.1, 0.15) is 13.8 Å². The molecule has 2 atom stereocenters. The van der Waals surface area contributed by atoms with Gasteiger partial charge in [0.1, 0.15) is 18.3 Å². The number of ether oxygens (including phenoxy) is 1. The summed E-state index contributed by atoms with van der Waals surface area (Å²) in [5.74, 6) is -0.814. The Morgan fingerprint density at radius 2 is 2.00 bits per heavy atom. The van der Waals surface area contributed by atoms with Crippen LogP contribution in [-0.4, -0.2) is 41.3 Å². The van der Waals surface area contributed by atoms with Gasteiger partial charge in [-0.25, -0.2) is 0 Å². The number of hydrogen-bond acceptors (Lipinski definition) is 4. The summed E-state index contributed by atoms with van der Waals surface area (Å²) in [6.45, 7) is 3.03. The fourth-order valence-electron chi connectivity index (χ4n) is 1.98. The first-order valence-corrected chi connectivity index (χ1v) is 7.24. The molecule has 3 amide bonds. The maximum atomic E-state index is 12.3. The monoisotopic (exact) mass is 354 g/mol. The predicted molar refractivity (Wildman–Crippen MR) is 78.6 cm³/mol. The van der Waals surface area contributed by atoms with Crippen LogP contribution >= 0.6 is 15.9 Å². The van der Waals surface area contributed by atoms with Crippen LogP contribution in [0, 0.1) is 0 Å². The van der Waals surface area contributed by atoms with Gasteiger partial charge < -0.3 is 9.64 Å². The van der Waals surface area contributed by atoms with Gasteiger partial charge in [0.05, 0.1) is 0 Å². The molecule has 0 aromatic heterocycles. The summed E-state index contributed by atoms with van der Waals surface area (Å²) >= 11 is 3.31. The van der Waals surface area contributed by atoms with Crippen molar-refractivity contribution < 1.29 is 19.1 Å². The van der Waals surface area contributed by atoms with Crippen LogP contribution in [0.3, 0.4) is 0 Å². The van der Waals surface area contributed by atoms with Gasteiger partial charge in [-0.15, -0.1) is 0 Å². The number of halogens is 1. The van der Waals surface area contributed by atoms with E-state index in [1.54, 1.807) is 38.1 Å². The lowest BCUT2D eigenvalue weighted by atomic mass is 10.1. The molecule has 2 unspecified atom stereocenters. The number of nitrogens with one attached hydrogen (secondary N) is 1. The molecule has 0 saturated carbocycles. The number of amides is 3. The third-order valence-electron chi connectivity index (χ3n) is 3.18. The highest BCUT2D eigenvalue weighted by Gasteiger charge is 2.36. The van der Waals surface area contributed by atoms with E-state index in [1.165, 1.54) is 4.90 Å². The van der Waals surface area contributed by atoms with Gasteiger partial charge in [-0.05, 0) is 38.1 Å². The number of carbonyl (C=O) groups excluding carboxylic acids is 3. The van der Waals surface area contributed by atoms with Gasteiger partial charge in [0.25, 0.3) is 5.91 Å². The Morgan fingerprint density at radius 1 is 1.38 bits per heavy atom. The first-order valence-electron chi connectivity index (χ1n) is 6.45. The summed E-state index contributed by atoms with van der Waals surface area (Å²) in [4.78, 5) is 36.5.